The number of aromatic hydroxyl groups is 1. The maximum absolute atomic E-state index is 14.4. The number of aromatic nitrogens is 8. The molecule has 3 fully saturated rings. The van der Waals surface area contributed by atoms with Crippen molar-refractivity contribution in [1.29, 1.82) is 0 Å². The summed E-state index contributed by atoms with van der Waals surface area (Å²) < 4.78 is 3.56. The Morgan fingerprint density at radius 3 is 2.45 bits per heavy atom. The van der Waals surface area contributed by atoms with E-state index in [2.05, 4.69) is 30.4 Å². The molecule has 15 heteroatoms. The van der Waals surface area contributed by atoms with Gasteiger partial charge in [-0.2, -0.15) is 5.10 Å². The van der Waals surface area contributed by atoms with Gasteiger partial charge in [0.05, 0.1) is 11.7 Å². The van der Waals surface area contributed by atoms with Gasteiger partial charge in [0, 0.05) is 49.7 Å². The summed E-state index contributed by atoms with van der Waals surface area (Å²) >= 11 is 0. The van der Waals surface area contributed by atoms with Gasteiger partial charge in [-0.15, -0.1) is 15.0 Å². The lowest BCUT2D eigenvalue weighted by molar-refractivity contribution is -0.122. The normalized spacial score (nSPS) is 19.9. The second-order valence-electron chi connectivity index (χ2n) is 13.0. The molecule has 0 radical (unpaired) electrons. The Kier molecular flexibility index (Phi) is 7.92. The number of anilines is 1. The topological polar surface area (TPSA) is 169 Å². The number of fused-ring (bicyclic) bond motifs is 2. The van der Waals surface area contributed by atoms with Gasteiger partial charge in [-0.3, -0.25) is 19.1 Å². The fourth-order valence-electron chi connectivity index (χ4n) is 7.39. The minimum Gasteiger partial charge on any atom is -0.504 e. The summed E-state index contributed by atoms with van der Waals surface area (Å²) in [6.07, 6.45) is 8.62. The first kappa shape index (κ1) is 30.8. The van der Waals surface area contributed by atoms with Crippen molar-refractivity contribution < 1.29 is 14.7 Å². The first-order chi connectivity index (χ1) is 22.7. The largest absolute Gasteiger partial charge is 0.504 e. The molecular formula is C32H41N11O4. The molecule has 0 unspecified atom stereocenters. The monoisotopic (exact) mass is 643 g/mol. The van der Waals surface area contributed by atoms with Crippen LogP contribution in [0.4, 0.5) is 5.69 Å². The van der Waals surface area contributed by atoms with Gasteiger partial charge in [0.1, 0.15) is 18.6 Å². The third kappa shape index (κ3) is 5.30. The maximum atomic E-state index is 14.4. The number of aryl methyl sites for hydroxylation is 3. The van der Waals surface area contributed by atoms with Crippen molar-refractivity contribution in [2.45, 2.75) is 96.8 Å². The molecule has 1 saturated heterocycles. The minimum atomic E-state index is -0.348. The van der Waals surface area contributed by atoms with E-state index >= 15 is 0 Å². The average molecular weight is 644 g/mol. The third-order valence-electron chi connectivity index (χ3n) is 10.1. The van der Waals surface area contributed by atoms with E-state index in [1.54, 1.807) is 16.5 Å². The molecule has 4 aromatic rings. The van der Waals surface area contributed by atoms with Gasteiger partial charge >= 0.3 is 0 Å². The van der Waals surface area contributed by atoms with Crippen LogP contribution < -0.4 is 15.6 Å². The number of nitrogens with one attached hydrogen (secondary N) is 1. The van der Waals surface area contributed by atoms with Gasteiger partial charge in [0.15, 0.2) is 28.4 Å². The van der Waals surface area contributed by atoms with Crippen LogP contribution >= 0.6 is 0 Å². The third-order valence-corrected chi connectivity index (χ3v) is 10.1. The van der Waals surface area contributed by atoms with Crippen LogP contribution in [0.15, 0.2) is 17.2 Å². The lowest BCUT2D eigenvalue weighted by atomic mass is 9.81. The van der Waals surface area contributed by atoms with E-state index in [9.17, 15) is 19.5 Å². The van der Waals surface area contributed by atoms with Gasteiger partial charge in [-0.25, -0.2) is 9.97 Å². The predicted octanol–water partition coefficient (Wildman–Crippen LogP) is 1.93. The first-order valence-electron chi connectivity index (χ1n) is 16.6. The van der Waals surface area contributed by atoms with Crippen molar-refractivity contribution in [3.63, 3.8) is 0 Å². The molecule has 2 atom stereocenters. The molecule has 15 nitrogen and oxygen atoms in total. The van der Waals surface area contributed by atoms with E-state index < -0.39 is 0 Å². The molecule has 248 valence electrons. The first-order valence-corrected chi connectivity index (χ1v) is 16.6. The van der Waals surface area contributed by atoms with E-state index in [1.165, 1.54) is 17.5 Å². The maximum Gasteiger partial charge on any atom is 0.276 e. The van der Waals surface area contributed by atoms with E-state index in [0.29, 0.717) is 48.1 Å². The number of carbonyl (C=O) groups excluding carboxylic acids is 2. The highest BCUT2D eigenvalue weighted by molar-refractivity contribution is 5.95. The second kappa shape index (κ2) is 12.1. The van der Waals surface area contributed by atoms with Crippen LogP contribution in [-0.4, -0.2) is 92.3 Å². The fourth-order valence-corrected chi connectivity index (χ4v) is 7.39. The number of nitrogens with zero attached hydrogens (tertiary/aromatic N) is 10. The van der Waals surface area contributed by atoms with Gasteiger partial charge in [-0.1, -0.05) is 26.2 Å². The Morgan fingerprint density at radius 1 is 1.00 bits per heavy atom. The molecule has 1 aliphatic heterocycles. The summed E-state index contributed by atoms with van der Waals surface area (Å²) in [6, 6.07) is 1.70. The van der Waals surface area contributed by atoms with Crippen LogP contribution in [0, 0.1) is 13.8 Å². The molecule has 2 aliphatic carbocycles. The van der Waals surface area contributed by atoms with Crippen LogP contribution in [0.1, 0.15) is 79.4 Å². The Morgan fingerprint density at radius 2 is 1.77 bits per heavy atom. The van der Waals surface area contributed by atoms with E-state index in [-0.39, 0.29) is 58.9 Å². The zero-order valence-electron chi connectivity index (χ0n) is 27.3. The Bertz CT molecular complexity index is 1900. The average Bonchev–Trinajstić information content (AvgIpc) is 3.63. The summed E-state index contributed by atoms with van der Waals surface area (Å²) in [5, 5.41) is 27.6. The summed E-state index contributed by atoms with van der Waals surface area (Å²) in [7, 11) is 1.83. The van der Waals surface area contributed by atoms with Crippen molar-refractivity contribution in [2.24, 2.45) is 7.05 Å². The smallest absolute Gasteiger partial charge is 0.276 e. The molecule has 2 saturated carbocycles. The van der Waals surface area contributed by atoms with Gasteiger partial charge in [0.25, 0.3) is 5.91 Å². The predicted molar refractivity (Wildman–Crippen MR) is 173 cm³/mol. The van der Waals surface area contributed by atoms with E-state index in [0.717, 1.165) is 44.2 Å². The number of hydrogen-bond donors (Lipinski definition) is 2. The van der Waals surface area contributed by atoms with Crippen LogP contribution in [-0.2, 0) is 24.8 Å². The number of amides is 2. The molecule has 0 bridgehead atoms. The van der Waals surface area contributed by atoms with Crippen molar-refractivity contribution in [2.75, 3.05) is 18.0 Å². The molecule has 47 heavy (non-hydrogen) atoms. The fraction of sp³-hybridized carbons (Fsp3) is 0.562. The number of rotatable bonds is 7. The van der Waals surface area contributed by atoms with Crippen molar-refractivity contribution in [3.05, 3.63) is 45.4 Å². The van der Waals surface area contributed by atoms with Crippen molar-refractivity contribution in [1.82, 2.24) is 49.5 Å². The standard InChI is InChI=1S/C32H41N11O4/c1-5-21-28(40-13-14-41(23-12-11-22(23)40)32(47)27-29(45)19(3)33-17-34-27)30(46)26-31(38-43(37-26)24-15-18(2)39(4)36-24)42(21)16-25(44)35-20-9-7-6-8-10-20/h15,17,20,22-23,45H,5-14,16H2,1-4H3,(H,35,44)/t22-,23-/m0/s1. The Balaban J connectivity index is 1.28. The van der Waals surface area contributed by atoms with Crippen LogP contribution in [0.5, 0.6) is 5.75 Å². The minimum absolute atomic E-state index is 0.00226. The molecule has 0 spiro atoms. The highest BCUT2D eigenvalue weighted by Crippen LogP contribution is 2.38. The highest BCUT2D eigenvalue weighted by Gasteiger charge is 2.47. The summed E-state index contributed by atoms with van der Waals surface area (Å²) in [5.41, 5.74) is 2.70. The molecule has 4 aromatic heterocycles. The van der Waals surface area contributed by atoms with Gasteiger partial charge in [-0.05, 0) is 46.0 Å². The Hall–Kier alpha value is -4.82. The SMILES string of the molecule is CCc1c(N2CCN(C(=O)c3ncnc(C)c3O)[C@H]3CC[C@@H]32)c(=O)c2nn(-c3cc(C)n(C)n3)nc2n1CC(=O)NC1CCCCC1. The zero-order valence-corrected chi connectivity index (χ0v) is 27.3. The molecule has 0 aromatic carbocycles. The molecular weight excluding hydrogens is 602 g/mol. The number of pyridine rings is 1. The quantitative estimate of drug-likeness (QED) is 0.304. The van der Waals surface area contributed by atoms with Crippen molar-refractivity contribution >= 4 is 28.7 Å². The molecule has 3 aliphatic rings. The molecule has 5 heterocycles. The van der Waals surface area contributed by atoms with Crippen molar-refractivity contribution in [3.8, 4) is 11.6 Å². The number of piperazine rings is 1. The molecule has 2 amide bonds. The zero-order chi connectivity index (χ0) is 33.0. The molecule has 2 N–H and O–H groups in total. The van der Waals surface area contributed by atoms with Crippen LogP contribution in [0.25, 0.3) is 17.0 Å². The van der Waals surface area contributed by atoms with Crippen LogP contribution in [0.2, 0.25) is 0 Å². The second-order valence-corrected chi connectivity index (χ2v) is 13.0. The number of carbonyl (C=O) groups is 2. The van der Waals surface area contributed by atoms with E-state index in [1.807, 2.05) is 31.5 Å². The van der Waals surface area contributed by atoms with Gasteiger partial charge < -0.3 is 24.8 Å². The lowest BCUT2D eigenvalue weighted by Gasteiger charge is -2.54. The Labute approximate surface area is 271 Å². The van der Waals surface area contributed by atoms with Crippen LogP contribution in [0.3, 0.4) is 0 Å². The molecule has 7 rings (SSSR count). The van der Waals surface area contributed by atoms with Gasteiger partial charge in [0.2, 0.25) is 11.3 Å². The summed E-state index contributed by atoms with van der Waals surface area (Å²) in [4.78, 5) is 54.9. The summed E-state index contributed by atoms with van der Waals surface area (Å²) in [5.74, 6) is -0.204. The lowest BCUT2D eigenvalue weighted by Crippen LogP contribution is -2.67. The highest BCUT2D eigenvalue weighted by atomic mass is 16.3. The summed E-state index contributed by atoms with van der Waals surface area (Å²) in [6.45, 7) is 6.27. The number of hydrogen-bond acceptors (Lipinski definition) is 10. The van der Waals surface area contributed by atoms with E-state index in [4.69, 9.17) is 5.10 Å².